The van der Waals surface area contributed by atoms with Gasteiger partial charge in [-0.3, -0.25) is 5.43 Å². The largest absolute Gasteiger partial charge is 0.485 e. The van der Waals surface area contributed by atoms with Crippen molar-refractivity contribution in [1.29, 1.82) is 0 Å². The number of thiophene rings is 1. The van der Waals surface area contributed by atoms with Gasteiger partial charge in [0.05, 0.1) is 5.56 Å². The van der Waals surface area contributed by atoms with Gasteiger partial charge in [0.2, 0.25) is 0 Å². The van der Waals surface area contributed by atoms with Gasteiger partial charge in [-0.05, 0) is 23.6 Å². The van der Waals surface area contributed by atoms with Crippen LogP contribution in [0.15, 0.2) is 35.7 Å². The second kappa shape index (κ2) is 7.16. The average molecular weight is 328 g/mol. The summed E-state index contributed by atoms with van der Waals surface area (Å²) in [7, 11) is 0. The molecule has 1 aromatic heterocycles. The molecule has 0 aliphatic carbocycles. The third-order valence-corrected chi connectivity index (χ3v) is 3.65. The highest BCUT2D eigenvalue weighted by atomic mass is 32.1. The number of halogens is 2. The first-order valence-corrected chi connectivity index (χ1v) is 7.04. The highest BCUT2D eigenvalue weighted by Gasteiger charge is 2.22. The molecule has 0 aliphatic heterocycles. The molecular formula is C13H14F2N4O2S. The van der Waals surface area contributed by atoms with Gasteiger partial charge in [-0.1, -0.05) is 12.1 Å². The summed E-state index contributed by atoms with van der Waals surface area (Å²) in [5.41, 5.74) is 1.47. The first-order chi connectivity index (χ1) is 10.5. The Morgan fingerprint density at radius 2 is 2.14 bits per heavy atom. The molecule has 118 valence electrons. The van der Waals surface area contributed by atoms with Crippen LogP contribution in [0.5, 0.6) is 5.75 Å². The maximum atomic E-state index is 13.2. The van der Waals surface area contributed by atoms with Crippen molar-refractivity contribution in [3.05, 3.63) is 46.2 Å². The van der Waals surface area contributed by atoms with Crippen LogP contribution >= 0.6 is 11.3 Å². The van der Waals surface area contributed by atoms with Gasteiger partial charge in [-0.15, -0.1) is 11.3 Å². The van der Waals surface area contributed by atoms with E-state index in [1.165, 1.54) is 29.5 Å². The number of carbonyl (C=O) groups excluding carboxylic acids is 1. The van der Waals surface area contributed by atoms with Gasteiger partial charge < -0.3 is 4.74 Å². The van der Waals surface area contributed by atoms with Crippen LogP contribution in [0, 0.1) is 0 Å². The van der Waals surface area contributed by atoms with E-state index in [0.717, 1.165) is 4.88 Å². The molecule has 22 heavy (non-hydrogen) atoms. The predicted molar refractivity (Wildman–Crippen MR) is 79.4 cm³/mol. The standard InChI is InChI=1S/C13H14F2N4O2S/c14-12(15)9-4-1-5-10(19(17)13(20)18-16)11(9)21-7-8-3-2-6-22-8/h1-6,12H,7,16-17H2,(H,18,20). The molecule has 0 saturated carbocycles. The van der Waals surface area contributed by atoms with Gasteiger partial charge in [-0.25, -0.2) is 30.3 Å². The zero-order chi connectivity index (χ0) is 16.1. The second-order valence-corrected chi connectivity index (χ2v) is 5.22. The number of amides is 2. The number of ether oxygens (including phenoxy) is 1. The van der Waals surface area contributed by atoms with E-state index in [9.17, 15) is 13.6 Å². The smallest absolute Gasteiger partial charge is 0.350 e. The topological polar surface area (TPSA) is 93.6 Å². The molecule has 0 unspecified atom stereocenters. The van der Waals surface area contributed by atoms with Crippen LogP contribution in [0.4, 0.5) is 19.3 Å². The van der Waals surface area contributed by atoms with Gasteiger partial charge in [-0.2, -0.15) is 0 Å². The van der Waals surface area contributed by atoms with Crippen LogP contribution < -0.4 is 26.9 Å². The Labute approximate surface area is 129 Å². The van der Waals surface area contributed by atoms with Crippen molar-refractivity contribution in [1.82, 2.24) is 5.43 Å². The lowest BCUT2D eigenvalue weighted by Crippen LogP contribution is -2.47. The Morgan fingerprint density at radius 1 is 1.36 bits per heavy atom. The van der Waals surface area contributed by atoms with Crippen LogP contribution in [-0.2, 0) is 6.61 Å². The van der Waals surface area contributed by atoms with Crippen LogP contribution in [0.3, 0.4) is 0 Å². The highest BCUT2D eigenvalue weighted by molar-refractivity contribution is 7.09. The van der Waals surface area contributed by atoms with Crippen molar-refractivity contribution < 1.29 is 18.3 Å². The fraction of sp³-hybridized carbons (Fsp3) is 0.154. The summed E-state index contributed by atoms with van der Waals surface area (Å²) in [6.07, 6.45) is -2.77. The van der Waals surface area contributed by atoms with Crippen molar-refractivity contribution in [2.45, 2.75) is 13.0 Å². The summed E-state index contributed by atoms with van der Waals surface area (Å²) in [6, 6.07) is 6.74. The molecule has 0 spiro atoms. The number of urea groups is 1. The molecule has 0 fully saturated rings. The number of hydrogen-bond donors (Lipinski definition) is 3. The van der Waals surface area contributed by atoms with Crippen molar-refractivity contribution in [3.8, 4) is 5.75 Å². The zero-order valence-electron chi connectivity index (χ0n) is 11.3. The number of alkyl halides is 2. The maximum absolute atomic E-state index is 13.2. The van der Waals surface area contributed by atoms with Crippen LogP contribution in [0.1, 0.15) is 16.9 Å². The first kappa shape index (κ1) is 16.1. The molecule has 1 aromatic carbocycles. The Morgan fingerprint density at radius 3 is 2.73 bits per heavy atom. The van der Waals surface area contributed by atoms with Gasteiger partial charge >= 0.3 is 6.03 Å². The van der Waals surface area contributed by atoms with E-state index in [4.69, 9.17) is 16.4 Å². The summed E-state index contributed by atoms with van der Waals surface area (Å²) < 4.78 is 31.8. The highest BCUT2D eigenvalue weighted by Crippen LogP contribution is 2.37. The Balaban J connectivity index is 2.35. The van der Waals surface area contributed by atoms with E-state index >= 15 is 0 Å². The van der Waals surface area contributed by atoms with E-state index < -0.39 is 12.5 Å². The summed E-state index contributed by atoms with van der Waals surface area (Å²) in [5, 5.41) is 2.46. The van der Waals surface area contributed by atoms with Crippen LogP contribution in [0.25, 0.3) is 0 Å². The molecule has 0 aliphatic rings. The lowest BCUT2D eigenvalue weighted by molar-refractivity contribution is 0.144. The predicted octanol–water partition coefficient (Wildman–Crippen LogP) is 2.53. The molecule has 0 atom stereocenters. The first-order valence-electron chi connectivity index (χ1n) is 6.16. The number of nitrogens with zero attached hydrogens (tertiary/aromatic N) is 1. The van der Waals surface area contributed by atoms with E-state index in [2.05, 4.69) is 0 Å². The third-order valence-electron chi connectivity index (χ3n) is 2.80. The molecule has 6 nitrogen and oxygen atoms in total. The summed E-state index contributed by atoms with van der Waals surface area (Å²) in [6.45, 7) is 0.0898. The number of benzene rings is 1. The fourth-order valence-corrected chi connectivity index (χ4v) is 2.39. The lowest BCUT2D eigenvalue weighted by Gasteiger charge is -2.21. The molecule has 1 heterocycles. The molecule has 0 radical (unpaired) electrons. The number of hydrazine groups is 2. The van der Waals surface area contributed by atoms with Crippen molar-refractivity contribution in [2.75, 3.05) is 5.01 Å². The Bertz CT molecular complexity index is 637. The minimum atomic E-state index is -2.77. The third kappa shape index (κ3) is 3.50. The van der Waals surface area contributed by atoms with E-state index in [1.54, 1.807) is 0 Å². The second-order valence-electron chi connectivity index (χ2n) is 4.18. The number of hydrogen-bond acceptors (Lipinski definition) is 5. The van der Waals surface area contributed by atoms with E-state index in [-0.39, 0.29) is 23.6 Å². The zero-order valence-corrected chi connectivity index (χ0v) is 12.1. The number of para-hydroxylation sites is 1. The molecule has 5 N–H and O–H groups in total. The van der Waals surface area contributed by atoms with Gasteiger partial charge in [0.25, 0.3) is 6.43 Å². The van der Waals surface area contributed by atoms with Crippen molar-refractivity contribution in [2.24, 2.45) is 11.7 Å². The van der Waals surface area contributed by atoms with Gasteiger partial charge in [0, 0.05) is 4.88 Å². The Kier molecular flexibility index (Phi) is 5.26. The quantitative estimate of drug-likeness (QED) is 0.447. The number of carbonyl (C=O) groups is 1. The lowest BCUT2D eigenvalue weighted by atomic mass is 10.1. The van der Waals surface area contributed by atoms with Crippen LogP contribution in [-0.4, -0.2) is 6.03 Å². The molecule has 2 rings (SSSR count). The van der Waals surface area contributed by atoms with E-state index in [0.29, 0.717) is 5.01 Å². The minimum Gasteiger partial charge on any atom is -0.485 e. The van der Waals surface area contributed by atoms with E-state index in [1.807, 2.05) is 22.9 Å². The normalized spacial score (nSPS) is 10.6. The number of nitrogens with two attached hydrogens (primary N) is 2. The van der Waals surface area contributed by atoms with Crippen molar-refractivity contribution >= 4 is 23.1 Å². The Hall–Kier alpha value is -2.23. The minimum absolute atomic E-state index is 0.00249. The van der Waals surface area contributed by atoms with Gasteiger partial charge in [0.1, 0.15) is 12.3 Å². The summed E-state index contributed by atoms with van der Waals surface area (Å²) >= 11 is 1.42. The van der Waals surface area contributed by atoms with Gasteiger partial charge in [0.15, 0.2) is 5.75 Å². The molecule has 9 heteroatoms. The molecule has 0 saturated heterocycles. The maximum Gasteiger partial charge on any atom is 0.350 e. The molecule has 2 aromatic rings. The number of rotatable bonds is 5. The monoisotopic (exact) mass is 328 g/mol. The van der Waals surface area contributed by atoms with Crippen LogP contribution in [0.2, 0.25) is 0 Å². The average Bonchev–Trinajstić information content (AvgIpc) is 3.04. The molecule has 2 amide bonds. The number of nitrogens with one attached hydrogen (secondary N) is 1. The SMILES string of the molecule is NNC(=O)N(N)c1cccc(C(F)F)c1OCc1cccs1. The molecule has 0 bridgehead atoms. The molecular weight excluding hydrogens is 314 g/mol. The number of anilines is 1. The summed E-state index contributed by atoms with van der Waals surface area (Å²) in [4.78, 5) is 12.4. The summed E-state index contributed by atoms with van der Waals surface area (Å²) in [5.74, 6) is 10.4. The van der Waals surface area contributed by atoms with Crippen molar-refractivity contribution in [3.63, 3.8) is 0 Å². The fourth-order valence-electron chi connectivity index (χ4n) is 1.78.